The molecule has 0 aliphatic heterocycles. The summed E-state index contributed by atoms with van der Waals surface area (Å²) in [5.74, 6) is -2.02. The van der Waals surface area contributed by atoms with Crippen LogP contribution in [0.15, 0.2) is 65.6 Å². The zero-order chi connectivity index (χ0) is 29.3. The highest BCUT2D eigenvalue weighted by Gasteiger charge is 2.16. The third-order valence-electron chi connectivity index (χ3n) is 5.88. The molecule has 0 bridgehead atoms. The number of nitrogens with one attached hydrogen (secondary N) is 3. The minimum Gasteiger partial charge on any atom is -0.449 e. The fourth-order valence-corrected chi connectivity index (χ4v) is 5.32. The van der Waals surface area contributed by atoms with Gasteiger partial charge in [0.05, 0.1) is 23.7 Å². The number of ether oxygens (including phenoxy) is 1. The van der Waals surface area contributed by atoms with Crippen molar-refractivity contribution >= 4 is 47.2 Å². The Morgan fingerprint density at radius 3 is 2.40 bits per heavy atom. The standard InChI is InChI=1S/C27H30FN4O6PS/c1-2-17-5-3-4-6-18(17)11-12-38-27(35)32-21-8-10-24(40(36,37)39)20(13-21)15-31-25(33)16-30-23-14-19(26(29)34)7-9-22(23)28/h3-10,13-14,30H,2,11-12,15-16,39H2,1H3,(H2,29,34)(H,31,33)(H,32,35). The summed E-state index contributed by atoms with van der Waals surface area (Å²) in [6.45, 7) is 1.63. The molecule has 0 saturated carbocycles. The van der Waals surface area contributed by atoms with Crippen LogP contribution < -0.4 is 21.7 Å². The van der Waals surface area contributed by atoms with Crippen molar-refractivity contribution in [3.05, 3.63) is 88.7 Å². The van der Waals surface area contributed by atoms with Crippen LogP contribution in [0.3, 0.4) is 0 Å². The maximum Gasteiger partial charge on any atom is 0.411 e. The van der Waals surface area contributed by atoms with Gasteiger partial charge in [0.1, 0.15) is 5.82 Å². The summed E-state index contributed by atoms with van der Waals surface area (Å²) in [6.07, 6.45) is 0.695. The van der Waals surface area contributed by atoms with Crippen molar-refractivity contribution in [1.82, 2.24) is 5.32 Å². The number of hydrogen-bond donors (Lipinski definition) is 4. The molecular formula is C27H30FN4O6PS. The van der Waals surface area contributed by atoms with Gasteiger partial charge in [-0.15, -0.1) is 0 Å². The first-order chi connectivity index (χ1) is 19.0. The number of anilines is 2. The monoisotopic (exact) mass is 588 g/mol. The van der Waals surface area contributed by atoms with Crippen LogP contribution in [-0.4, -0.2) is 39.5 Å². The molecule has 0 saturated heterocycles. The minimum atomic E-state index is -3.74. The largest absolute Gasteiger partial charge is 0.449 e. The lowest BCUT2D eigenvalue weighted by atomic mass is 10.0. The van der Waals surface area contributed by atoms with E-state index in [9.17, 15) is 27.2 Å². The number of primary amides is 1. The minimum absolute atomic E-state index is 0.0632. The first-order valence-corrected chi connectivity index (χ1v) is 15.2. The van der Waals surface area contributed by atoms with Crippen molar-refractivity contribution < 1.29 is 31.9 Å². The molecule has 0 radical (unpaired) electrons. The summed E-state index contributed by atoms with van der Waals surface area (Å²) < 4.78 is 43.8. The maximum atomic E-state index is 14.0. The second-order valence-electron chi connectivity index (χ2n) is 8.69. The number of carbonyl (C=O) groups excluding carboxylic acids is 3. The molecule has 40 heavy (non-hydrogen) atoms. The lowest BCUT2D eigenvalue weighted by molar-refractivity contribution is -0.119. The van der Waals surface area contributed by atoms with Gasteiger partial charge in [0, 0.05) is 24.2 Å². The molecule has 10 nitrogen and oxygen atoms in total. The van der Waals surface area contributed by atoms with Crippen molar-refractivity contribution in [3.8, 4) is 0 Å². The summed E-state index contributed by atoms with van der Waals surface area (Å²) in [5, 5.41) is 7.69. The van der Waals surface area contributed by atoms with Gasteiger partial charge in [-0.1, -0.05) is 31.2 Å². The van der Waals surface area contributed by atoms with Gasteiger partial charge in [0.15, 0.2) is 9.46 Å². The summed E-state index contributed by atoms with van der Waals surface area (Å²) >= 11 is 0. The van der Waals surface area contributed by atoms with Crippen LogP contribution in [0.4, 0.5) is 20.6 Å². The number of halogens is 1. The lowest BCUT2D eigenvalue weighted by Gasteiger charge is -2.14. The average Bonchev–Trinajstić information content (AvgIpc) is 2.91. The number of benzene rings is 3. The predicted molar refractivity (Wildman–Crippen MR) is 153 cm³/mol. The Morgan fingerprint density at radius 1 is 1.00 bits per heavy atom. The third-order valence-corrected chi connectivity index (χ3v) is 7.66. The second-order valence-corrected chi connectivity index (χ2v) is 12.1. The van der Waals surface area contributed by atoms with E-state index in [4.69, 9.17) is 10.5 Å². The van der Waals surface area contributed by atoms with Gasteiger partial charge in [-0.3, -0.25) is 14.9 Å². The summed E-state index contributed by atoms with van der Waals surface area (Å²) in [5.41, 5.74) is 7.90. The van der Waals surface area contributed by atoms with Crippen molar-refractivity contribution in [3.63, 3.8) is 0 Å². The Morgan fingerprint density at radius 2 is 1.73 bits per heavy atom. The Kier molecular flexibility index (Phi) is 10.6. The third kappa shape index (κ3) is 8.75. The quantitative estimate of drug-likeness (QED) is 0.236. The molecule has 0 spiro atoms. The predicted octanol–water partition coefficient (Wildman–Crippen LogP) is 3.57. The van der Waals surface area contributed by atoms with Gasteiger partial charge in [-0.25, -0.2) is 17.6 Å². The Hall–Kier alpha value is -4.02. The van der Waals surface area contributed by atoms with Gasteiger partial charge >= 0.3 is 6.09 Å². The number of amides is 3. The van der Waals surface area contributed by atoms with E-state index in [1.807, 2.05) is 31.2 Å². The molecule has 3 aromatic rings. The first kappa shape index (κ1) is 30.5. The highest BCUT2D eigenvalue weighted by atomic mass is 32.7. The normalized spacial score (nSPS) is 11.0. The van der Waals surface area contributed by atoms with E-state index in [1.165, 1.54) is 35.9 Å². The van der Waals surface area contributed by atoms with Crippen LogP contribution in [0.2, 0.25) is 0 Å². The fraction of sp³-hybridized carbons (Fsp3) is 0.222. The topological polar surface area (TPSA) is 157 Å². The van der Waals surface area contributed by atoms with E-state index < -0.39 is 33.2 Å². The summed E-state index contributed by atoms with van der Waals surface area (Å²) in [6, 6.07) is 15.4. The van der Waals surface area contributed by atoms with E-state index in [1.54, 1.807) is 8.44 Å². The summed E-state index contributed by atoms with van der Waals surface area (Å²) in [7, 11) is -2.00. The molecule has 0 fully saturated rings. The maximum absolute atomic E-state index is 14.0. The number of rotatable bonds is 12. The number of hydrogen-bond acceptors (Lipinski definition) is 7. The molecule has 0 aliphatic rings. The molecule has 3 amide bonds. The molecule has 1 unspecified atom stereocenters. The SMILES string of the molecule is CCc1ccccc1CCOC(=O)Nc1ccc(S(=O)(=O)P)c(CNC(=O)CNc2cc(C(N)=O)ccc2F)c1. The van der Waals surface area contributed by atoms with Crippen LogP contribution in [0.1, 0.15) is 34.0 Å². The highest BCUT2D eigenvalue weighted by molar-refractivity contribution is 8.37. The van der Waals surface area contributed by atoms with Crippen LogP contribution >= 0.6 is 8.44 Å². The number of aryl methyl sites for hydroxylation is 1. The van der Waals surface area contributed by atoms with Gasteiger partial charge in [0.2, 0.25) is 11.8 Å². The fourth-order valence-electron chi connectivity index (χ4n) is 3.87. The number of nitrogens with two attached hydrogens (primary N) is 1. The Balaban J connectivity index is 1.61. The molecule has 1 atom stereocenters. The van der Waals surface area contributed by atoms with Gasteiger partial charge in [-0.2, -0.15) is 0 Å². The second kappa shape index (κ2) is 13.9. The van der Waals surface area contributed by atoms with Crippen LogP contribution in [0, 0.1) is 5.82 Å². The molecule has 212 valence electrons. The van der Waals surface area contributed by atoms with E-state index in [0.29, 0.717) is 6.42 Å². The van der Waals surface area contributed by atoms with Crippen LogP contribution in [0.5, 0.6) is 0 Å². The zero-order valence-electron chi connectivity index (χ0n) is 21.7. The lowest BCUT2D eigenvalue weighted by Crippen LogP contribution is -2.30. The molecular weight excluding hydrogens is 558 g/mol. The zero-order valence-corrected chi connectivity index (χ0v) is 23.7. The van der Waals surface area contributed by atoms with E-state index in [2.05, 4.69) is 16.0 Å². The average molecular weight is 589 g/mol. The van der Waals surface area contributed by atoms with Gasteiger partial charge < -0.3 is 21.1 Å². The molecule has 0 aliphatic carbocycles. The van der Waals surface area contributed by atoms with Crippen molar-refractivity contribution in [2.45, 2.75) is 31.2 Å². The van der Waals surface area contributed by atoms with Crippen molar-refractivity contribution in [2.75, 3.05) is 23.8 Å². The van der Waals surface area contributed by atoms with Gasteiger partial charge in [-0.05, 0) is 68.0 Å². The van der Waals surface area contributed by atoms with Crippen molar-refractivity contribution in [1.29, 1.82) is 0 Å². The van der Waals surface area contributed by atoms with Gasteiger partial charge in [0.25, 0.3) is 0 Å². The smallest absolute Gasteiger partial charge is 0.411 e. The number of carbonyl (C=O) groups is 3. The van der Waals surface area contributed by atoms with Crippen molar-refractivity contribution in [2.24, 2.45) is 5.73 Å². The van der Waals surface area contributed by atoms with E-state index >= 15 is 0 Å². The molecule has 3 rings (SSSR count). The Labute approximate surface area is 233 Å². The first-order valence-electron chi connectivity index (χ1n) is 12.2. The highest BCUT2D eigenvalue weighted by Crippen LogP contribution is 2.25. The molecule has 13 heteroatoms. The summed E-state index contributed by atoms with van der Waals surface area (Å²) in [4.78, 5) is 36.0. The molecule has 5 N–H and O–H groups in total. The molecule has 3 aromatic carbocycles. The molecule has 0 aromatic heterocycles. The van der Waals surface area contributed by atoms with Crippen LogP contribution in [0.25, 0.3) is 0 Å². The van der Waals surface area contributed by atoms with E-state index in [0.717, 1.165) is 18.1 Å². The molecule has 0 heterocycles. The van der Waals surface area contributed by atoms with Crippen LogP contribution in [-0.2, 0) is 38.4 Å². The van der Waals surface area contributed by atoms with E-state index in [-0.39, 0.29) is 47.1 Å². The Bertz CT molecular complexity index is 1520.